The van der Waals surface area contributed by atoms with Crippen molar-refractivity contribution in [2.75, 3.05) is 6.61 Å². The van der Waals surface area contributed by atoms with Gasteiger partial charge in [-0.2, -0.15) is 0 Å². The van der Waals surface area contributed by atoms with Crippen LogP contribution in [0.25, 0.3) is 6.08 Å². The lowest BCUT2D eigenvalue weighted by atomic mass is 9.33. The molecule has 0 saturated heterocycles. The van der Waals surface area contributed by atoms with E-state index in [0.717, 1.165) is 37.7 Å². The molecule has 0 aliphatic heterocycles. The number of aromatic hydroxyl groups is 1. The lowest BCUT2D eigenvalue weighted by molar-refractivity contribution is -0.212. The van der Waals surface area contributed by atoms with Gasteiger partial charge in [0.15, 0.2) is 0 Å². The van der Waals surface area contributed by atoms with Crippen molar-refractivity contribution in [1.82, 2.24) is 0 Å². The molecule has 5 aliphatic rings. The lowest BCUT2D eigenvalue weighted by Gasteiger charge is -2.71. The Hall–Kier alpha value is -2.07. The quantitative estimate of drug-likeness (QED) is 0.209. The monoisotopic (exact) mass is 588 g/mol. The third-order valence-corrected chi connectivity index (χ3v) is 14.6. The van der Waals surface area contributed by atoms with Crippen molar-refractivity contribution in [2.45, 2.75) is 119 Å². The molecular weight excluding hydrogens is 532 g/mol. The molecule has 8 unspecified atom stereocenters. The molecule has 8 atom stereocenters. The number of allylic oxidation sites excluding steroid dienone is 2. The first kappa shape index (κ1) is 30.9. The normalized spacial score (nSPS) is 43.0. The second-order valence-electron chi connectivity index (χ2n) is 17.4. The van der Waals surface area contributed by atoms with Crippen LogP contribution in [0.4, 0.5) is 0 Å². The van der Waals surface area contributed by atoms with Crippen LogP contribution in [-0.2, 0) is 9.53 Å². The van der Waals surface area contributed by atoms with Crippen molar-refractivity contribution in [1.29, 1.82) is 0 Å². The van der Waals surface area contributed by atoms with E-state index in [2.05, 4.69) is 54.5 Å². The fraction of sp³-hybridized carbons (Fsp3) is 0.718. The van der Waals surface area contributed by atoms with Gasteiger partial charge in [-0.1, -0.05) is 72.2 Å². The third-order valence-electron chi connectivity index (χ3n) is 14.6. The summed E-state index contributed by atoms with van der Waals surface area (Å²) in [5, 5.41) is 20.3. The fourth-order valence-electron chi connectivity index (χ4n) is 11.8. The van der Waals surface area contributed by atoms with Crippen molar-refractivity contribution in [3.63, 3.8) is 0 Å². The zero-order valence-corrected chi connectivity index (χ0v) is 27.8. The molecule has 0 aromatic heterocycles. The zero-order chi connectivity index (χ0) is 31.1. The number of aliphatic hydroxyl groups is 1. The molecule has 4 nitrogen and oxygen atoms in total. The van der Waals surface area contributed by atoms with Crippen LogP contribution >= 0.6 is 0 Å². The molecule has 6 rings (SSSR count). The number of esters is 1. The summed E-state index contributed by atoms with van der Waals surface area (Å²) in [5.41, 5.74) is 3.48. The first-order chi connectivity index (χ1) is 20.1. The highest BCUT2D eigenvalue weighted by Crippen LogP contribution is 2.75. The van der Waals surface area contributed by atoms with Gasteiger partial charge in [-0.25, -0.2) is 4.79 Å². The van der Waals surface area contributed by atoms with Crippen molar-refractivity contribution in [3.8, 4) is 5.75 Å². The Morgan fingerprint density at radius 3 is 2.30 bits per heavy atom. The van der Waals surface area contributed by atoms with E-state index in [-0.39, 0.29) is 44.9 Å². The summed E-state index contributed by atoms with van der Waals surface area (Å²) >= 11 is 0. The highest BCUT2D eigenvalue weighted by Gasteiger charge is 2.68. The summed E-state index contributed by atoms with van der Waals surface area (Å²) in [6, 6.07) is 6.85. The molecule has 5 aliphatic carbocycles. The summed E-state index contributed by atoms with van der Waals surface area (Å²) in [6.45, 7) is 17.7. The van der Waals surface area contributed by atoms with E-state index in [1.54, 1.807) is 35.9 Å². The molecule has 4 saturated carbocycles. The van der Waals surface area contributed by atoms with E-state index in [1.165, 1.54) is 38.2 Å². The van der Waals surface area contributed by atoms with Crippen molar-refractivity contribution in [2.24, 2.45) is 50.2 Å². The summed E-state index contributed by atoms with van der Waals surface area (Å²) < 4.78 is 6.20. The van der Waals surface area contributed by atoms with Crippen LogP contribution in [0.5, 0.6) is 5.75 Å². The van der Waals surface area contributed by atoms with Gasteiger partial charge in [-0.05, 0) is 127 Å². The van der Waals surface area contributed by atoms with Gasteiger partial charge in [0.2, 0.25) is 0 Å². The molecule has 0 heterocycles. The predicted molar refractivity (Wildman–Crippen MR) is 173 cm³/mol. The van der Waals surface area contributed by atoms with Gasteiger partial charge in [0.1, 0.15) is 11.9 Å². The van der Waals surface area contributed by atoms with Crippen LogP contribution < -0.4 is 0 Å². The van der Waals surface area contributed by atoms with Gasteiger partial charge in [0.05, 0.1) is 0 Å². The maximum absolute atomic E-state index is 13.0. The molecule has 1 aromatic rings. The molecule has 0 bridgehead atoms. The summed E-state index contributed by atoms with van der Waals surface area (Å²) in [4.78, 5) is 13.0. The van der Waals surface area contributed by atoms with E-state index < -0.39 is 0 Å². The molecule has 0 amide bonds. The molecule has 4 fully saturated rings. The van der Waals surface area contributed by atoms with Gasteiger partial charge >= 0.3 is 5.97 Å². The van der Waals surface area contributed by atoms with Gasteiger partial charge < -0.3 is 14.9 Å². The Morgan fingerprint density at radius 1 is 0.907 bits per heavy atom. The van der Waals surface area contributed by atoms with Crippen molar-refractivity contribution >= 4 is 12.0 Å². The Balaban J connectivity index is 1.25. The first-order valence-corrected chi connectivity index (χ1v) is 17.1. The second-order valence-corrected chi connectivity index (χ2v) is 17.4. The van der Waals surface area contributed by atoms with Gasteiger partial charge in [0.25, 0.3) is 0 Å². The van der Waals surface area contributed by atoms with Gasteiger partial charge in [-0.15, -0.1) is 0 Å². The lowest BCUT2D eigenvalue weighted by Crippen LogP contribution is -2.65. The number of phenols is 1. The van der Waals surface area contributed by atoms with Crippen LogP contribution in [-0.4, -0.2) is 28.9 Å². The minimum Gasteiger partial charge on any atom is -0.508 e. The number of phenolic OH excluding ortho intramolecular Hbond substituents is 1. The number of aliphatic hydroxyl groups excluding tert-OH is 1. The number of ether oxygens (including phenoxy) is 1. The molecule has 236 valence electrons. The zero-order valence-electron chi connectivity index (χ0n) is 27.8. The van der Waals surface area contributed by atoms with Crippen LogP contribution in [0.1, 0.15) is 118 Å². The van der Waals surface area contributed by atoms with Crippen LogP contribution in [0.2, 0.25) is 0 Å². The van der Waals surface area contributed by atoms with E-state index in [1.807, 2.05) is 0 Å². The second kappa shape index (κ2) is 10.2. The van der Waals surface area contributed by atoms with Crippen LogP contribution in [0, 0.1) is 50.2 Å². The smallest absolute Gasteiger partial charge is 0.331 e. The molecule has 4 heteroatoms. The minimum atomic E-state index is -0.280. The third kappa shape index (κ3) is 4.67. The van der Waals surface area contributed by atoms with Crippen molar-refractivity contribution < 1.29 is 19.7 Å². The van der Waals surface area contributed by atoms with E-state index in [4.69, 9.17) is 4.74 Å². The molecule has 0 spiro atoms. The number of rotatable bonds is 4. The number of hydrogen-bond donors (Lipinski definition) is 2. The number of fused-ring (bicyclic) bond motifs is 7. The van der Waals surface area contributed by atoms with E-state index >= 15 is 0 Å². The highest BCUT2D eigenvalue weighted by atomic mass is 16.5. The SMILES string of the molecule is CC1(C)CCC2(CO)CCC3(C)C(=CCC4C5(C)CCC(OC(=O)C=Cc6ccc(O)cc6)C(C)(C)C5CCC43C)C2C1. The largest absolute Gasteiger partial charge is 0.508 e. The molecule has 1 aromatic carbocycles. The van der Waals surface area contributed by atoms with Gasteiger partial charge in [-0.3, -0.25) is 0 Å². The predicted octanol–water partition coefficient (Wildman–Crippen LogP) is 9.11. The van der Waals surface area contributed by atoms with Gasteiger partial charge in [0, 0.05) is 23.5 Å². The average Bonchev–Trinajstić information content (AvgIpc) is 2.94. The average molecular weight is 589 g/mol. The summed E-state index contributed by atoms with van der Waals surface area (Å²) in [5.74, 6) is 1.55. The Labute approximate surface area is 260 Å². The molecular formula is C39H56O4. The summed E-state index contributed by atoms with van der Waals surface area (Å²) in [6.07, 6.45) is 17.4. The van der Waals surface area contributed by atoms with E-state index in [0.29, 0.717) is 29.8 Å². The number of carbonyl (C=O) groups excluding carboxylic acids is 1. The molecule has 0 radical (unpaired) electrons. The Bertz CT molecular complexity index is 1300. The fourth-order valence-corrected chi connectivity index (χ4v) is 11.8. The molecule has 2 N–H and O–H groups in total. The van der Waals surface area contributed by atoms with Crippen LogP contribution in [0.3, 0.4) is 0 Å². The maximum Gasteiger partial charge on any atom is 0.331 e. The molecule has 43 heavy (non-hydrogen) atoms. The summed E-state index contributed by atoms with van der Waals surface area (Å²) in [7, 11) is 0. The first-order valence-electron chi connectivity index (χ1n) is 17.1. The van der Waals surface area contributed by atoms with E-state index in [9.17, 15) is 15.0 Å². The highest BCUT2D eigenvalue weighted by molar-refractivity contribution is 5.87. The topological polar surface area (TPSA) is 66.8 Å². The van der Waals surface area contributed by atoms with Crippen molar-refractivity contribution in [3.05, 3.63) is 47.6 Å². The minimum absolute atomic E-state index is 0.0752. The number of carbonyl (C=O) groups is 1. The number of hydrogen-bond acceptors (Lipinski definition) is 4. The van der Waals surface area contributed by atoms with Crippen LogP contribution in [0.15, 0.2) is 42.0 Å². The number of benzene rings is 1. The Kier molecular flexibility index (Phi) is 7.36. The standard InChI is InChI=1S/C39H56O4/c1-34(2)20-22-39(25-40)23-21-37(6)28(29(39)24-34)13-14-31-36(5)18-17-32(35(3,4)30(36)16-19-38(31,37)7)43-33(42)15-10-26-8-11-27(41)12-9-26/h8-13,15,29-32,40-41H,14,16-25H2,1-7H3. The maximum atomic E-state index is 13.0. The Morgan fingerprint density at radius 2 is 1.60 bits per heavy atom.